The standard InChI is InChI=1S/C13H20N2O2/c1-9(2)17-8-13(16)15-11(4)12-7-5-6-10(3)14-12/h5-7,9,11H,8H2,1-4H3,(H,15,16)/t11-/m0/s1. The number of carbonyl (C=O) groups excluding carboxylic acids is 1. The molecule has 0 aromatic carbocycles. The highest BCUT2D eigenvalue weighted by Gasteiger charge is 2.11. The van der Waals surface area contributed by atoms with E-state index in [1.165, 1.54) is 0 Å². The van der Waals surface area contributed by atoms with Crippen molar-refractivity contribution in [3.05, 3.63) is 29.6 Å². The number of hydrogen-bond acceptors (Lipinski definition) is 3. The van der Waals surface area contributed by atoms with Gasteiger partial charge in [-0.25, -0.2) is 0 Å². The summed E-state index contributed by atoms with van der Waals surface area (Å²) in [5, 5.41) is 2.85. The van der Waals surface area contributed by atoms with Crippen molar-refractivity contribution < 1.29 is 9.53 Å². The van der Waals surface area contributed by atoms with Crippen molar-refractivity contribution in [2.75, 3.05) is 6.61 Å². The Labute approximate surface area is 102 Å². The van der Waals surface area contributed by atoms with E-state index in [-0.39, 0.29) is 24.7 Å². The predicted molar refractivity (Wildman–Crippen MR) is 66.6 cm³/mol. The molecule has 94 valence electrons. The summed E-state index contributed by atoms with van der Waals surface area (Å²) >= 11 is 0. The molecule has 4 nitrogen and oxygen atoms in total. The van der Waals surface area contributed by atoms with E-state index in [4.69, 9.17) is 4.74 Å². The molecule has 0 saturated carbocycles. The SMILES string of the molecule is Cc1cccc([C@H](C)NC(=O)COC(C)C)n1. The van der Waals surface area contributed by atoms with Gasteiger partial charge in [-0.15, -0.1) is 0 Å². The molecular formula is C13H20N2O2. The van der Waals surface area contributed by atoms with Crippen molar-refractivity contribution in [2.24, 2.45) is 0 Å². The lowest BCUT2D eigenvalue weighted by Crippen LogP contribution is -2.31. The van der Waals surface area contributed by atoms with Crippen LogP contribution < -0.4 is 5.32 Å². The van der Waals surface area contributed by atoms with E-state index >= 15 is 0 Å². The summed E-state index contributed by atoms with van der Waals surface area (Å²) in [6.07, 6.45) is 0.0631. The van der Waals surface area contributed by atoms with Gasteiger partial charge in [0.1, 0.15) is 6.61 Å². The summed E-state index contributed by atoms with van der Waals surface area (Å²) in [4.78, 5) is 15.9. The molecule has 0 unspecified atom stereocenters. The molecule has 0 spiro atoms. The van der Waals surface area contributed by atoms with Crippen LogP contribution >= 0.6 is 0 Å². The second kappa shape index (κ2) is 6.35. The molecule has 1 amide bonds. The lowest BCUT2D eigenvalue weighted by molar-refractivity contribution is -0.127. The van der Waals surface area contributed by atoms with Gasteiger partial charge in [0.2, 0.25) is 5.91 Å². The van der Waals surface area contributed by atoms with Crippen LogP contribution in [0.1, 0.15) is 38.2 Å². The van der Waals surface area contributed by atoms with Crippen LogP contribution in [0.2, 0.25) is 0 Å². The summed E-state index contributed by atoms with van der Waals surface area (Å²) in [6, 6.07) is 5.67. The Hall–Kier alpha value is -1.42. The zero-order valence-electron chi connectivity index (χ0n) is 10.9. The van der Waals surface area contributed by atoms with Gasteiger partial charge in [-0.05, 0) is 39.8 Å². The van der Waals surface area contributed by atoms with E-state index in [0.29, 0.717) is 0 Å². The molecule has 17 heavy (non-hydrogen) atoms. The fourth-order valence-corrected chi connectivity index (χ4v) is 1.40. The average molecular weight is 236 g/mol. The van der Waals surface area contributed by atoms with Crippen LogP contribution in [0, 0.1) is 6.92 Å². The maximum atomic E-state index is 11.6. The number of nitrogens with one attached hydrogen (secondary N) is 1. The van der Waals surface area contributed by atoms with Gasteiger partial charge in [-0.2, -0.15) is 0 Å². The zero-order valence-corrected chi connectivity index (χ0v) is 10.9. The van der Waals surface area contributed by atoms with E-state index in [2.05, 4.69) is 10.3 Å². The molecule has 1 aromatic rings. The number of pyridine rings is 1. The van der Waals surface area contributed by atoms with E-state index in [1.54, 1.807) is 0 Å². The lowest BCUT2D eigenvalue weighted by Gasteiger charge is -2.14. The van der Waals surface area contributed by atoms with Crippen molar-refractivity contribution in [3.8, 4) is 0 Å². The van der Waals surface area contributed by atoms with E-state index < -0.39 is 0 Å². The average Bonchev–Trinajstić information content (AvgIpc) is 2.26. The van der Waals surface area contributed by atoms with Gasteiger partial charge in [0.25, 0.3) is 0 Å². The van der Waals surface area contributed by atoms with Crippen molar-refractivity contribution in [1.82, 2.24) is 10.3 Å². The van der Waals surface area contributed by atoms with Gasteiger partial charge in [0.15, 0.2) is 0 Å². The molecule has 1 N–H and O–H groups in total. The monoisotopic (exact) mass is 236 g/mol. The van der Waals surface area contributed by atoms with Crippen molar-refractivity contribution >= 4 is 5.91 Å². The van der Waals surface area contributed by atoms with Crippen LogP contribution in [-0.2, 0) is 9.53 Å². The first-order valence-electron chi connectivity index (χ1n) is 5.83. The lowest BCUT2D eigenvalue weighted by atomic mass is 10.2. The Balaban J connectivity index is 2.48. The highest BCUT2D eigenvalue weighted by Crippen LogP contribution is 2.09. The van der Waals surface area contributed by atoms with E-state index in [1.807, 2.05) is 45.9 Å². The summed E-state index contributed by atoms with van der Waals surface area (Å²) in [7, 11) is 0. The largest absolute Gasteiger partial charge is 0.369 e. The maximum absolute atomic E-state index is 11.6. The van der Waals surface area contributed by atoms with E-state index in [0.717, 1.165) is 11.4 Å². The summed E-state index contributed by atoms with van der Waals surface area (Å²) in [6.45, 7) is 7.74. The van der Waals surface area contributed by atoms with Crippen molar-refractivity contribution in [2.45, 2.75) is 39.8 Å². The van der Waals surface area contributed by atoms with Gasteiger partial charge in [-0.1, -0.05) is 6.07 Å². The Kier molecular flexibility index (Phi) is 5.10. The molecule has 0 aliphatic heterocycles. The number of nitrogens with zero attached hydrogens (tertiary/aromatic N) is 1. The number of hydrogen-bond donors (Lipinski definition) is 1. The summed E-state index contributed by atoms with van der Waals surface area (Å²) in [5.41, 5.74) is 1.81. The minimum Gasteiger partial charge on any atom is -0.369 e. The Morgan fingerprint density at radius 3 is 2.71 bits per heavy atom. The van der Waals surface area contributed by atoms with Crippen LogP contribution in [0.15, 0.2) is 18.2 Å². The molecule has 0 saturated heterocycles. The molecule has 0 bridgehead atoms. The van der Waals surface area contributed by atoms with E-state index in [9.17, 15) is 4.79 Å². The van der Waals surface area contributed by atoms with Gasteiger partial charge in [-0.3, -0.25) is 9.78 Å². The molecule has 0 radical (unpaired) electrons. The smallest absolute Gasteiger partial charge is 0.246 e. The van der Waals surface area contributed by atoms with Gasteiger partial charge in [0.05, 0.1) is 17.8 Å². The number of aromatic nitrogens is 1. The minimum absolute atomic E-state index is 0.0631. The minimum atomic E-state index is -0.116. The Morgan fingerprint density at radius 1 is 1.41 bits per heavy atom. The first-order chi connectivity index (χ1) is 7.99. The molecule has 1 heterocycles. The number of amides is 1. The summed E-state index contributed by atoms with van der Waals surface area (Å²) < 4.78 is 5.23. The quantitative estimate of drug-likeness (QED) is 0.850. The Morgan fingerprint density at radius 2 is 2.12 bits per heavy atom. The molecule has 0 fully saturated rings. The number of rotatable bonds is 5. The normalized spacial score (nSPS) is 12.5. The number of carbonyl (C=O) groups is 1. The first kappa shape index (κ1) is 13.6. The third-order valence-electron chi connectivity index (χ3n) is 2.28. The zero-order chi connectivity index (χ0) is 12.8. The number of ether oxygens (including phenoxy) is 1. The van der Waals surface area contributed by atoms with Crippen LogP contribution in [-0.4, -0.2) is 23.6 Å². The highest BCUT2D eigenvalue weighted by atomic mass is 16.5. The fraction of sp³-hybridized carbons (Fsp3) is 0.538. The van der Waals surface area contributed by atoms with Crippen LogP contribution in [0.4, 0.5) is 0 Å². The van der Waals surface area contributed by atoms with Crippen LogP contribution in [0.25, 0.3) is 0 Å². The molecule has 1 atom stereocenters. The molecular weight excluding hydrogens is 216 g/mol. The van der Waals surface area contributed by atoms with Crippen LogP contribution in [0.3, 0.4) is 0 Å². The molecule has 4 heteroatoms. The second-order valence-corrected chi connectivity index (χ2v) is 4.35. The highest BCUT2D eigenvalue weighted by molar-refractivity contribution is 5.77. The van der Waals surface area contributed by atoms with Crippen molar-refractivity contribution in [3.63, 3.8) is 0 Å². The van der Waals surface area contributed by atoms with Crippen LogP contribution in [0.5, 0.6) is 0 Å². The number of aryl methyl sites for hydroxylation is 1. The van der Waals surface area contributed by atoms with Gasteiger partial charge in [0, 0.05) is 5.69 Å². The van der Waals surface area contributed by atoms with Gasteiger partial charge >= 0.3 is 0 Å². The van der Waals surface area contributed by atoms with Gasteiger partial charge < -0.3 is 10.1 Å². The second-order valence-electron chi connectivity index (χ2n) is 4.35. The maximum Gasteiger partial charge on any atom is 0.246 e. The predicted octanol–water partition coefficient (Wildman–Crippen LogP) is 1.99. The fourth-order valence-electron chi connectivity index (χ4n) is 1.40. The third-order valence-corrected chi connectivity index (χ3v) is 2.28. The first-order valence-corrected chi connectivity index (χ1v) is 5.83. The summed E-state index contributed by atoms with van der Waals surface area (Å²) in [5.74, 6) is -0.116. The topological polar surface area (TPSA) is 51.2 Å². The molecule has 0 aliphatic rings. The molecule has 1 rings (SSSR count). The van der Waals surface area contributed by atoms with Crippen molar-refractivity contribution in [1.29, 1.82) is 0 Å². The third kappa shape index (κ3) is 4.95. The Bertz CT molecular complexity index is 377. The molecule has 0 aliphatic carbocycles. The molecule has 1 aromatic heterocycles.